The van der Waals surface area contributed by atoms with E-state index in [9.17, 15) is 14.6 Å². The Morgan fingerprint density at radius 2 is 2.14 bits per heavy atom. The van der Waals surface area contributed by atoms with Crippen LogP contribution in [0, 0.1) is 17.1 Å². The molecule has 0 radical (unpaired) electrons. The van der Waals surface area contributed by atoms with Crippen LogP contribution in [0.3, 0.4) is 0 Å². The van der Waals surface area contributed by atoms with Crippen molar-refractivity contribution in [2.24, 2.45) is 0 Å². The van der Waals surface area contributed by atoms with E-state index in [0.29, 0.717) is 0 Å². The van der Waals surface area contributed by atoms with Gasteiger partial charge in [-0.25, -0.2) is 4.39 Å². The summed E-state index contributed by atoms with van der Waals surface area (Å²) >= 11 is 0. The van der Waals surface area contributed by atoms with Crippen molar-refractivity contribution >= 4 is 0 Å². The van der Waals surface area contributed by atoms with Gasteiger partial charge in [0.1, 0.15) is 11.9 Å². The first-order chi connectivity index (χ1) is 6.65. The van der Waals surface area contributed by atoms with Crippen molar-refractivity contribution in [3.63, 3.8) is 0 Å². The summed E-state index contributed by atoms with van der Waals surface area (Å²) in [4.78, 5) is 0. The molecule has 0 saturated heterocycles. The lowest BCUT2D eigenvalue weighted by Gasteiger charge is -2.15. The summed E-state index contributed by atoms with van der Waals surface area (Å²) in [7, 11) is 0. The average Bonchev–Trinajstić information content (AvgIpc) is 2.17. The van der Waals surface area contributed by atoms with Gasteiger partial charge in [0, 0.05) is 0 Å². The number of aliphatic hydroxyl groups is 2. The maximum absolute atomic E-state index is 12.7. The standard InChI is InChI=1S/C10H10FNO2/c11-8-3-1-2-7(6-8)10(14)9(13)4-5-12/h1-3,6,9-10,13-14H,4H2. The van der Waals surface area contributed by atoms with Crippen molar-refractivity contribution in [3.05, 3.63) is 35.6 Å². The molecule has 0 fully saturated rings. The molecule has 2 atom stereocenters. The number of aliphatic hydroxyl groups excluding tert-OH is 2. The fourth-order valence-electron chi connectivity index (χ4n) is 1.12. The van der Waals surface area contributed by atoms with Crippen molar-refractivity contribution in [2.45, 2.75) is 18.6 Å². The van der Waals surface area contributed by atoms with E-state index >= 15 is 0 Å². The van der Waals surface area contributed by atoms with Gasteiger partial charge in [-0.05, 0) is 17.7 Å². The van der Waals surface area contributed by atoms with Crippen LogP contribution in [0.25, 0.3) is 0 Å². The molecule has 0 saturated carbocycles. The molecule has 1 rings (SSSR count). The Morgan fingerprint density at radius 1 is 1.43 bits per heavy atom. The minimum atomic E-state index is -1.22. The summed E-state index contributed by atoms with van der Waals surface area (Å²) < 4.78 is 12.7. The van der Waals surface area contributed by atoms with Gasteiger partial charge in [-0.1, -0.05) is 12.1 Å². The first-order valence-electron chi connectivity index (χ1n) is 4.13. The van der Waals surface area contributed by atoms with Crippen LogP contribution in [-0.4, -0.2) is 16.3 Å². The molecule has 3 nitrogen and oxygen atoms in total. The van der Waals surface area contributed by atoms with E-state index in [1.54, 1.807) is 6.07 Å². The number of halogens is 1. The minimum absolute atomic E-state index is 0.183. The van der Waals surface area contributed by atoms with E-state index < -0.39 is 18.0 Å². The van der Waals surface area contributed by atoms with Crippen LogP contribution >= 0.6 is 0 Å². The number of benzene rings is 1. The molecule has 1 aromatic rings. The Hall–Kier alpha value is -1.44. The molecule has 0 aliphatic carbocycles. The quantitative estimate of drug-likeness (QED) is 0.760. The largest absolute Gasteiger partial charge is 0.389 e. The van der Waals surface area contributed by atoms with Crippen molar-refractivity contribution in [1.82, 2.24) is 0 Å². The van der Waals surface area contributed by atoms with Gasteiger partial charge in [-0.3, -0.25) is 0 Å². The molecule has 0 aliphatic heterocycles. The summed E-state index contributed by atoms with van der Waals surface area (Å²) in [5.41, 5.74) is 0.271. The predicted molar refractivity (Wildman–Crippen MR) is 47.6 cm³/mol. The Bertz CT molecular complexity index is 348. The molecule has 1 aromatic carbocycles. The second-order valence-electron chi connectivity index (χ2n) is 2.93. The number of nitriles is 1. The summed E-state index contributed by atoms with van der Waals surface area (Å²) in [5, 5.41) is 27.0. The maximum atomic E-state index is 12.7. The third-order valence-corrected chi connectivity index (χ3v) is 1.86. The van der Waals surface area contributed by atoms with Crippen LogP contribution in [0.2, 0.25) is 0 Å². The van der Waals surface area contributed by atoms with Gasteiger partial charge in [0.05, 0.1) is 18.6 Å². The van der Waals surface area contributed by atoms with Crippen LogP contribution < -0.4 is 0 Å². The molecular formula is C10H10FNO2. The van der Waals surface area contributed by atoms with Crippen LogP contribution in [0.4, 0.5) is 4.39 Å². The van der Waals surface area contributed by atoms with Crippen molar-refractivity contribution in [1.29, 1.82) is 5.26 Å². The van der Waals surface area contributed by atoms with Gasteiger partial charge >= 0.3 is 0 Å². The Balaban J connectivity index is 2.79. The molecule has 0 spiro atoms. The normalized spacial score (nSPS) is 14.4. The number of rotatable bonds is 3. The topological polar surface area (TPSA) is 64.2 Å². The lowest BCUT2D eigenvalue weighted by Crippen LogP contribution is -2.17. The van der Waals surface area contributed by atoms with Crippen molar-refractivity contribution in [3.8, 4) is 6.07 Å². The molecule has 0 aliphatic rings. The number of nitrogens with zero attached hydrogens (tertiary/aromatic N) is 1. The maximum Gasteiger partial charge on any atom is 0.123 e. The SMILES string of the molecule is N#CCC(O)C(O)c1cccc(F)c1. The van der Waals surface area contributed by atoms with Gasteiger partial charge in [0.2, 0.25) is 0 Å². The van der Waals surface area contributed by atoms with Crippen LogP contribution in [0.5, 0.6) is 0 Å². The molecule has 2 unspecified atom stereocenters. The Kier molecular flexibility index (Phi) is 3.57. The summed E-state index contributed by atoms with van der Waals surface area (Å²) in [5.74, 6) is -0.481. The lowest BCUT2D eigenvalue weighted by atomic mass is 10.0. The van der Waals surface area contributed by atoms with Crippen LogP contribution in [0.1, 0.15) is 18.1 Å². The zero-order chi connectivity index (χ0) is 10.6. The molecule has 14 heavy (non-hydrogen) atoms. The third kappa shape index (κ3) is 2.52. The second-order valence-corrected chi connectivity index (χ2v) is 2.93. The fraction of sp³-hybridized carbons (Fsp3) is 0.300. The summed E-state index contributed by atoms with van der Waals surface area (Å²) in [6, 6.07) is 7.03. The van der Waals surface area contributed by atoms with Gasteiger partial charge in [-0.15, -0.1) is 0 Å². The van der Waals surface area contributed by atoms with E-state index in [4.69, 9.17) is 5.26 Å². The zero-order valence-electron chi connectivity index (χ0n) is 7.39. The van der Waals surface area contributed by atoms with E-state index in [-0.39, 0.29) is 12.0 Å². The number of hydrogen-bond acceptors (Lipinski definition) is 3. The number of hydrogen-bond donors (Lipinski definition) is 2. The Morgan fingerprint density at radius 3 is 2.71 bits per heavy atom. The smallest absolute Gasteiger partial charge is 0.123 e. The highest BCUT2D eigenvalue weighted by atomic mass is 19.1. The first kappa shape index (κ1) is 10.6. The second kappa shape index (κ2) is 4.70. The van der Waals surface area contributed by atoms with Gasteiger partial charge < -0.3 is 10.2 Å². The van der Waals surface area contributed by atoms with E-state index in [0.717, 1.165) is 6.07 Å². The zero-order valence-corrected chi connectivity index (χ0v) is 7.39. The monoisotopic (exact) mass is 195 g/mol. The predicted octanol–water partition coefficient (Wildman–Crippen LogP) is 1.13. The van der Waals surface area contributed by atoms with Crippen molar-refractivity contribution < 1.29 is 14.6 Å². The molecule has 4 heteroatoms. The van der Waals surface area contributed by atoms with Gasteiger partial charge in [0.25, 0.3) is 0 Å². The molecule has 0 heterocycles. The van der Waals surface area contributed by atoms with Crippen molar-refractivity contribution in [2.75, 3.05) is 0 Å². The molecular weight excluding hydrogens is 185 g/mol. The van der Waals surface area contributed by atoms with Gasteiger partial charge in [-0.2, -0.15) is 5.26 Å². The van der Waals surface area contributed by atoms with Crippen LogP contribution in [0.15, 0.2) is 24.3 Å². The van der Waals surface area contributed by atoms with Gasteiger partial charge in [0.15, 0.2) is 0 Å². The van der Waals surface area contributed by atoms with E-state index in [1.165, 1.54) is 18.2 Å². The average molecular weight is 195 g/mol. The third-order valence-electron chi connectivity index (χ3n) is 1.86. The highest BCUT2D eigenvalue weighted by Crippen LogP contribution is 2.19. The first-order valence-corrected chi connectivity index (χ1v) is 4.13. The molecule has 2 N–H and O–H groups in total. The highest BCUT2D eigenvalue weighted by molar-refractivity contribution is 5.19. The molecule has 0 amide bonds. The Labute approximate surface area is 81.0 Å². The summed E-state index contributed by atoms with van der Waals surface area (Å²) in [6.45, 7) is 0. The van der Waals surface area contributed by atoms with Crippen LogP contribution in [-0.2, 0) is 0 Å². The highest BCUT2D eigenvalue weighted by Gasteiger charge is 2.17. The lowest BCUT2D eigenvalue weighted by molar-refractivity contribution is 0.0215. The fourth-order valence-corrected chi connectivity index (χ4v) is 1.12. The minimum Gasteiger partial charge on any atom is -0.389 e. The summed E-state index contributed by atoms with van der Waals surface area (Å²) in [6.07, 6.45) is -2.58. The molecule has 0 bridgehead atoms. The van der Waals surface area contributed by atoms with E-state index in [2.05, 4.69) is 0 Å². The molecule has 74 valence electrons. The van der Waals surface area contributed by atoms with E-state index in [1.807, 2.05) is 0 Å². The molecule has 0 aromatic heterocycles.